The molecule has 82 valence electrons. The molecule has 1 aliphatic carbocycles. The number of nitrogens with two attached hydrogens (primary N) is 1. The summed E-state index contributed by atoms with van der Waals surface area (Å²) in [5.74, 6) is 6.09. The molecule has 1 aliphatic rings. The summed E-state index contributed by atoms with van der Waals surface area (Å²) >= 11 is 0. The SMILES string of the molecule is NN(Cc1cccnc1)C1CCCCC1. The molecule has 3 nitrogen and oxygen atoms in total. The van der Waals surface area contributed by atoms with Crippen molar-refractivity contribution in [3.63, 3.8) is 0 Å². The smallest absolute Gasteiger partial charge is 0.0397 e. The molecule has 2 N–H and O–H groups in total. The maximum atomic E-state index is 6.09. The van der Waals surface area contributed by atoms with Crippen LogP contribution in [0, 0.1) is 0 Å². The highest BCUT2D eigenvalue weighted by Crippen LogP contribution is 2.21. The summed E-state index contributed by atoms with van der Waals surface area (Å²) in [7, 11) is 0. The van der Waals surface area contributed by atoms with Gasteiger partial charge in [-0.1, -0.05) is 25.3 Å². The summed E-state index contributed by atoms with van der Waals surface area (Å²) in [6, 6.07) is 4.61. The molecule has 2 rings (SSSR count). The molecule has 0 saturated heterocycles. The van der Waals surface area contributed by atoms with E-state index in [9.17, 15) is 0 Å². The van der Waals surface area contributed by atoms with Crippen molar-refractivity contribution in [2.75, 3.05) is 0 Å². The van der Waals surface area contributed by atoms with Gasteiger partial charge in [-0.05, 0) is 24.5 Å². The third-order valence-corrected chi connectivity index (χ3v) is 3.13. The Morgan fingerprint density at radius 2 is 2.13 bits per heavy atom. The zero-order chi connectivity index (χ0) is 10.5. The fourth-order valence-corrected chi connectivity index (χ4v) is 2.24. The van der Waals surface area contributed by atoms with Crippen molar-refractivity contribution in [2.45, 2.75) is 44.7 Å². The number of hydrogen-bond donors (Lipinski definition) is 1. The van der Waals surface area contributed by atoms with Crippen molar-refractivity contribution in [1.82, 2.24) is 9.99 Å². The number of hydrazine groups is 1. The Morgan fingerprint density at radius 3 is 2.80 bits per heavy atom. The monoisotopic (exact) mass is 205 g/mol. The van der Waals surface area contributed by atoms with Gasteiger partial charge in [0.1, 0.15) is 0 Å². The molecule has 0 aliphatic heterocycles. The average Bonchev–Trinajstić information content (AvgIpc) is 2.31. The van der Waals surface area contributed by atoms with Crippen molar-refractivity contribution < 1.29 is 0 Å². The van der Waals surface area contributed by atoms with Crippen LogP contribution in [0.2, 0.25) is 0 Å². The van der Waals surface area contributed by atoms with E-state index in [1.54, 1.807) is 6.20 Å². The van der Waals surface area contributed by atoms with Crippen LogP contribution in [0.1, 0.15) is 37.7 Å². The lowest BCUT2D eigenvalue weighted by Gasteiger charge is -2.30. The van der Waals surface area contributed by atoms with E-state index in [1.807, 2.05) is 17.3 Å². The average molecular weight is 205 g/mol. The molecule has 0 aromatic carbocycles. The van der Waals surface area contributed by atoms with E-state index in [0.29, 0.717) is 6.04 Å². The van der Waals surface area contributed by atoms with Crippen molar-refractivity contribution in [3.8, 4) is 0 Å². The van der Waals surface area contributed by atoms with Crippen molar-refractivity contribution in [2.24, 2.45) is 5.84 Å². The number of aromatic nitrogens is 1. The Balaban J connectivity index is 1.88. The summed E-state index contributed by atoms with van der Waals surface area (Å²) in [6.07, 6.45) is 10.2. The maximum Gasteiger partial charge on any atom is 0.0397 e. The first kappa shape index (κ1) is 10.6. The molecular formula is C12H19N3. The van der Waals surface area contributed by atoms with Gasteiger partial charge >= 0.3 is 0 Å². The lowest BCUT2D eigenvalue weighted by atomic mass is 9.95. The van der Waals surface area contributed by atoms with Crippen LogP contribution in [-0.2, 0) is 6.54 Å². The molecule has 0 bridgehead atoms. The summed E-state index contributed by atoms with van der Waals surface area (Å²) in [4.78, 5) is 4.10. The van der Waals surface area contributed by atoms with Gasteiger partial charge in [0.15, 0.2) is 0 Å². The molecule has 1 saturated carbocycles. The van der Waals surface area contributed by atoms with Gasteiger partial charge in [0, 0.05) is 25.0 Å². The van der Waals surface area contributed by atoms with E-state index in [-0.39, 0.29) is 0 Å². The molecular weight excluding hydrogens is 186 g/mol. The molecule has 1 heterocycles. The standard InChI is InChI=1S/C12H19N3/c13-15(12-6-2-1-3-7-12)10-11-5-4-8-14-9-11/h4-5,8-9,12H,1-3,6-7,10,13H2. The Kier molecular flexibility index (Phi) is 3.69. The number of hydrogen-bond acceptors (Lipinski definition) is 3. The van der Waals surface area contributed by atoms with E-state index in [1.165, 1.54) is 37.7 Å². The molecule has 0 radical (unpaired) electrons. The molecule has 1 fully saturated rings. The van der Waals surface area contributed by atoms with Crippen LogP contribution >= 0.6 is 0 Å². The van der Waals surface area contributed by atoms with E-state index < -0.39 is 0 Å². The van der Waals surface area contributed by atoms with Gasteiger partial charge in [-0.15, -0.1) is 0 Å². The number of nitrogens with zero attached hydrogens (tertiary/aromatic N) is 2. The highest BCUT2D eigenvalue weighted by molar-refractivity contribution is 5.08. The lowest BCUT2D eigenvalue weighted by Crippen LogP contribution is -2.41. The molecule has 1 aromatic rings. The van der Waals surface area contributed by atoms with Crippen LogP contribution in [-0.4, -0.2) is 16.0 Å². The van der Waals surface area contributed by atoms with Crippen LogP contribution in [0.3, 0.4) is 0 Å². The first-order valence-electron chi connectivity index (χ1n) is 5.76. The van der Waals surface area contributed by atoms with Gasteiger partial charge in [-0.2, -0.15) is 0 Å². The van der Waals surface area contributed by atoms with Gasteiger partial charge in [0.25, 0.3) is 0 Å². The van der Waals surface area contributed by atoms with Crippen LogP contribution in [0.4, 0.5) is 0 Å². The Bertz CT molecular complexity index is 280. The minimum absolute atomic E-state index is 0.568. The minimum Gasteiger partial charge on any atom is -0.268 e. The third kappa shape index (κ3) is 3.01. The normalized spacial score (nSPS) is 18.3. The van der Waals surface area contributed by atoms with Gasteiger partial charge in [0.05, 0.1) is 0 Å². The second kappa shape index (κ2) is 5.24. The fraction of sp³-hybridized carbons (Fsp3) is 0.583. The predicted octanol–water partition coefficient (Wildman–Crippen LogP) is 2.09. The zero-order valence-corrected chi connectivity index (χ0v) is 9.10. The lowest BCUT2D eigenvalue weighted by molar-refractivity contribution is 0.150. The van der Waals surface area contributed by atoms with Gasteiger partial charge in [0.2, 0.25) is 0 Å². The zero-order valence-electron chi connectivity index (χ0n) is 9.10. The van der Waals surface area contributed by atoms with Crippen LogP contribution < -0.4 is 5.84 Å². The minimum atomic E-state index is 0.568. The fourth-order valence-electron chi connectivity index (χ4n) is 2.24. The summed E-state index contributed by atoms with van der Waals surface area (Å²) in [5, 5.41) is 1.98. The molecule has 0 atom stereocenters. The van der Waals surface area contributed by atoms with Crippen LogP contribution in [0.15, 0.2) is 24.5 Å². The van der Waals surface area contributed by atoms with Gasteiger partial charge in [-0.25, -0.2) is 5.01 Å². The summed E-state index contributed by atoms with van der Waals surface area (Å²) < 4.78 is 0. The van der Waals surface area contributed by atoms with Gasteiger partial charge < -0.3 is 0 Å². The Hall–Kier alpha value is -0.930. The Morgan fingerprint density at radius 1 is 1.33 bits per heavy atom. The quantitative estimate of drug-likeness (QED) is 0.607. The first-order valence-corrected chi connectivity index (χ1v) is 5.76. The van der Waals surface area contributed by atoms with E-state index in [0.717, 1.165) is 6.54 Å². The molecule has 15 heavy (non-hydrogen) atoms. The predicted molar refractivity (Wildman–Crippen MR) is 60.8 cm³/mol. The highest BCUT2D eigenvalue weighted by Gasteiger charge is 2.18. The molecule has 3 heteroatoms. The second-order valence-electron chi connectivity index (χ2n) is 4.33. The van der Waals surface area contributed by atoms with E-state index >= 15 is 0 Å². The topological polar surface area (TPSA) is 42.1 Å². The first-order chi connectivity index (χ1) is 7.36. The highest BCUT2D eigenvalue weighted by atomic mass is 15.4. The second-order valence-corrected chi connectivity index (χ2v) is 4.33. The van der Waals surface area contributed by atoms with E-state index in [2.05, 4.69) is 11.1 Å². The van der Waals surface area contributed by atoms with Crippen LogP contribution in [0.25, 0.3) is 0 Å². The van der Waals surface area contributed by atoms with Crippen molar-refractivity contribution in [3.05, 3.63) is 30.1 Å². The van der Waals surface area contributed by atoms with Crippen molar-refractivity contribution in [1.29, 1.82) is 0 Å². The number of rotatable bonds is 3. The van der Waals surface area contributed by atoms with Gasteiger partial charge in [-0.3, -0.25) is 10.8 Å². The third-order valence-electron chi connectivity index (χ3n) is 3.13. The summed E-state index contributed by atoms with van der Waals surface area (Å²) in [5.41, 5.74) is 1.20. The molecule has 0 unspecified atom stereocenters. The maximum absolute atomic E-state index is 6.09. The number of pyridine rings is 1. The molecule has 1 aromatic heterocycles. The van der Waals surface area contributed by atoms with E-state index in [4.69, 9.17) is 5.84 Å². The molecule has 0 spiro atoms. The van der Waals surface area contributed by atoms with Crippen LogP contribution in [0.5, 0.6) is 0 Å². The molecule has 0 amide bonds. The largest absolute Gasteiger partial charge is 0.268 e. The summed E-state index contributed by atoms with van der Waals surface area (Å²) in [6.45, 7) is 0.818. The Labute approximate surface area is 91.3 Å². The van der Waals surface area contributed by atoms with Crippen molar-refractivity contribution >= 4 is 0 Å².